The molecule has 0 aromatic rings. The fourth-order valence-corrected chi connectivity index (χ4v) is 3.42. The van der Waals surface area contributed by atoms with E-state index in [0.29, 0.717) is 12.8 Å². The molecule has 2 fully saturated rings. The van der Waals surface area contributed by atoms with Crippen molar-refractivity contribution in [3.8, 4) is 6.07 Å². The first-order chi connectivity index (χ1) is 8.98. The Hall–Kier alpha value is -0.760. The second-order valence-corrected chi connectivity index (χ2v) is 5.86. The quantitative estimate of drug-likeness (QED) is 0.725. The zero-order chi connectivity index (χ0) is 13.9. The molecule has 1 saturated heterocycles. The molecule has 0 N–H and O–H groups in total. The smallest absolute Gasteiger partial charge is 0.286 e. The highest BCUT2D eigenvalue weighted by atomic mass is 19.4. The number of nitriles is 1. The van der Waals surface area contributed by atoms with Gasteiger partial charge in [0, 0.05) is 0 Å². The summed E-state index contributed by atoms with van der Waals surface area (Å²) in [6, 6.07) is 2.35. The topological polar surface area (TPSA) is 27.0 Å². The van der Waals surface area contributed by atoms with Crippen molar-refractivity contribution in [2.45, 2.75) is 63.1 Å². The predicted octanol–water partition coefficient (Wildman–Crippen LogP) is 3.88. The van der Waals surface area contributed by atoms with E-state index in [9.17, 15) is 18.4 Å². The van der Waals surface area contributed by atoms with Crippen LogP contribution in [0.5, 0.6) is 0 Å². The third-order valence-corrected chi connectivity index (χ3v) is 4.70. The van der Waals surface area contributed by atoms with E-state index in [0.717, 1.165) is 25.9 Å². The van der Waals surface area contributed by atoms with Gasteiger partial charge in [-0.2, -0.15) is 18.4 Å². The summed E-state index contributed by atoms with van der Waals surface area (Å²) in [6.07, 6.45) is 1.31. The van der Waals surface area contributed by atoms with E-state index in [4.69, 9.17) is 0 Å². The first kappa shape index (κ1) is 14.6. The van der Waals surface area contributed by atoms with Gasteiger partial charge in [-0.3, -0.25) is 4.90 Å². The number of hydrogen-bond donors (Lipinski definition) is 0. The first-order valence-electron chi connectivity index (χ1n) is 7.21. The average Bonchev–Trinajstić information content (AvgIpc) is 2.67. The number of halogens is 3. The Morgan fingerprint density at radius 3 is 1.95 bits per heavy atom. The van der Waals surface area contributed by atoms with Crippen LogP contribution in [0.4, 0.5) is 13.2 Å². The maximum atomic E-state index is 12.7. The van der Waals surface area contributed by atoms with E-state index < -0.39 is 17.6 Å². The second kappa shape index (κ2) is 5.70. The van der Waals surface area contributed by atoms with E-state index in [1.807, 2.05) is 0 Å². The van der Waals surface area contributed by atoms with Gasteiger partial charge in [0.1, 0.15) is 5.54 Å². The molecule has 0 amide bonds. The zero-order valence-corrected chi connectivity index (χ0v) is 11.2. The number of nitrogens with zero attached hydrogens (tertiary/aromatic N) is 2. The summed E-state index contributed by atoms with van der Waals surface area (Å²) in [6.45, 7) is 1.73. The van der Waals surface area contributed by atoms with E-state index >= 15 is 0 Å². The third-order valence-electron chi connectivity index (χ3n) is 4.70. The van der Waals surface area contributed by atoms with E-state index in [1.165, 1.54) is 12.8 Å². The molecular weight excluding hydrogens is 253 g/mol. The van der Waals surface area contributed by atoms with Crippen LogP contribution in [-0.4, -0.2) is 29.7 Å². The summed E-state index contributed by atoms with van der Waals surface area (Å²) in [5, 5.41) is 9.50. The van der Waals surface area contributed by atoms with E-state index in [1.54, 1.807) is 0 Å². The highest BCUT2D eigenvalue weighted by Gasteiger charge is 2.48. The van der Waals surface area contributed by atoms with Crippen LogP contribution in [0.3, 0.4) is 0 Å². The standard InChI is InChI=1S/C14H21F3N2/c15-14(16,17)12-5-7-13(11-18,8-6-12)19-9-3-1-2-4-10-19/h12H,1-10H2. The lowest BCUT2D eigenvalue weighted by Gasteiger charge is -2.43. The Labute approximate surface area is 112 Å². The van der Waals surface area contributed by atoms with Crippen molar-refractivity contribution >= 4 is 0 Å². The van der Waals surface area contributed by atoms with Crippen molar-refractivity contribution in [2.24, 2.45) is 5.92 Å². The van der Waals surface area contributed by atoms with Crippen LogP contribution >= 0.6 is 0 Å². The largest absolute Gasteiger partial charge is 0.391 e. The Balaban J connectivity index is 2.03. The van der Waals surface area contributed by atoms with Gasteiger partial charge < -0.3 is 0 Å². The number of likely N-dealkylation sites (tertiary alicyclic amines) is 1. The van der Waals surface area contributed by atoms with Crippen LogP contribution in [0.2, 0.25) is 0 Å². The lowest BCUT2D eigenvalue weighted by molar-refractivity contribution is -0.186. The predicted molar refractivity (Wildman–Crippen MR) is 66.4 cm³/mol. The van der Waals surface area contributed by atoms with Gasteiger partial charge in [0.25, 0.3) is 0 Å². The molecule has 2 rings (SSSR count). The highest BCUT2D eigenvalue weighted by Crippen LogP contribution is 2.43. The molecule has 0 atom stereocenters. The van der Waals surface area contributed by atoms with Crippen LogP contribution in [0, 0.1) is 17.2 Å². The van der Waals surface area contributed by atoms with Crippen molar-refractivity contribution < 1.29 is 13.2 Å². The van der Waals surface area contributed by atoms with Gasteiger partial charge in [0.2, 0.25) is 0 Å². The van der Waals surface area contributed by atoms with E-state index in [2.05, 4.69) is 11.0 Å². The van der Waals surface area contributed by atoms with Crippen molar-refractivity contribution in [2.75, 3.05) is 13.1 Å². The van der Waals surface area contributed by atoms with Gasteiger partial charge in [-0.15, -0.1) is 0 Å². The molecule has 1 heterocycles. The molecule has 19 heavy (non-hydrogen) atoms. The Morgan fingerprint density at radius 1 is 1.00 bits per heavy atom. The SMILES string of the molecule is N#CC1(N2CCCCCC2)CCC(C(F)(F)F)CC1. The minimum Gasteiger partial charge on any atom is -0.286 e. The molecule has 1 saturated carbocycles. The van der Waals surface area contributed by atoms with Crippen molar-refractivity contribution in [3.05, 3.63) is 0 Å². The van der Waals surface area contributed by atoms with Gasteiger partial charge in [0.05, 0.1) is 12.0 Å². The summed E-state index contributed by atoms with van der Waals surface area (Å²) in [5.74, 6) is -1.21. The monoisotopic (exact) mass is 274 g/mol. The molecule has 0 aromatic carbocycles. The molecule has 0 radical (unpaired) electrons. The lowest BCUT2D eigenvalue weighted by atomic mass is 9.76. The van der Waals surface area contributed by atoms with Gasteiger partial charge in [0.15, 0.2) is 0 Å². The summed E-state index contributed by atoms with van der Waals surface area (Å²) in [7, 11) is 0. The first-order valence-corrected chi connectivity index (χ1v) is 7.21. The number of hydrogen-bond acceptors (Lipinski definition) is 2. The third kappa shape index (κ3) is 3.22. The van der Waals surface area contributed by atoms with Crippen molar-refractivity contribution in [1.29, 1.82) is 5.26 Å². The van der Waals surface area contributed by atoms with Crippen LogP contribution in [0.25, 0.3) is 0 Å². The van der Waals surface area contributed by atoms with E-state index in [-0.39, 0.29) is 12.8 Å². The fourth-order valence-electron chi connectivity index (χ4n) is 3.42. The molecule has 0 bridgehead atoms. The molecule has 1 aliphatic heterocycles. The van der Waals surface area contributed by atoms with Gasteiger partial charge in [-0.25, -0.2) is 0 Å². The molecular formula is C14H21F3N2. The lowest BCUT2D eigenvalue weighted by Crippen LogP contribution is -2.51. The second-order valence-electron chi connectivity index (χ2n) is 5.86. The Morgan fingerprint density at radius 2 is 1.53 bits per heavy atom. The van der Waals surface area contributed by atoms with Crippen LogP contribution in [-0.2, 0) is 0 Å². The maximum absolute atomic E-state index is 12.7. The van der Waals surface area contributed by atoms with Crippen LogP contribution in [0.1, 0.15) is 51.4 Å². The summed E-state index contributed by atoms with van der Waals surface area (Å²) >= 11 is 0. The number of alkyl halides is 3. The minimum atomic E-state index is -4.10. The molecule has 1 aliphatic carbocycles. The molecule has 5 heteroatoms. The average molecular weight is 274 g/mol. The summed E-state index contributed by atoms with van der Waals surface area (Å²) < 4.78 is 38.1. The van der Waals surface area contributed by atoms with Crippen LogP contribution in [0.15, 0.2) is 0 Å². The van der Waals surface area contributed by atoms with Crippen molar-refractivity contribution in [3.63, 3.8) is 0 Å². The Kier molecular flexibility index (Phi) is 4.39. The number of rotatable bonds is 1. The minimum absolute atomic E-state index is 0.105. The van der Waals surface area contributed by atoms with Crippen LogP contribution < -0.4 is 0 Å². The zero-order valence-electron chi connectivity index (χ0n) is 11.2. The highest BCUT2D eigenvalue weighted by molar-refractivity contribution is 5.11. The Bertz CT molecular complexity index is 330. The molecule has 2 nitrogen and oxygen atoms in total. The van der Waals surface area contributed by atoms with Crippen molar-refractivity contribution in [1.82, 2.24) is 4.90 Å². The fraction of sp³-hybridized carbons (Fsp3) is 0.929. The summed E-state index contributed by atoms with van der Waals surface area (Å²) in [4.78, 5) is 2.16. The van der Waals surface area contributed by atoms with Gasteiger partial charge in [-0.1, -0.05) is 12.8 Å². The molecule has 2 aliphatic rings. The van der Waals surface area contributed by atoms with Gasteiger partial charge in [-0.05, 0) is 51.6 Å². The molecule has 0 unspecified atom stereocenters. The molecule has 0 spiro atoms. The molecule has 0 aromatic heterocycles. The molecule has 108 valence electrons. The maximum Gasteiger partial charge on any atom is 0.391 e. The normalized spacial score (nSPS) is 34.5. The summed E-state index contributed by atoms with van der Waals surface area (Å²) in [5.41, 5.74) is -0.633. The van der Waals surface area contributed by atoms with Gasteiger partial charge >= 0.3 is 6.18 Å².